The van der Waals surface area contributed by atoms with Crippen molar-refractivity contribution in [3.05, 3.63) is 29.1 Å². The molecule has 4 heteroatoms. The van der Waals surface area contributed by atoms with Gasteiger partial charge in [0.25, 0.3) is 0 Å². The number of rotatable bonds is 1. The van der Waals surface area contributed by atoms with Crippen molar-refractivity contribution in [1.82, 2.24) is 0 Å². The standard InChI is InChI=1S/C9H7NO2S/c10-6-2-1-3-7-5(6)4-8(13-7)9(11)12/h1-4H,10H2,(H,11,12). The zero-order valence-corrected chi connectivity index (χ0v) is 7.47. The maximum atomic E-state index is 10.7. The van der Waals surface area contributed by atoms with Crippen LogP contribution < -0.4 is 5.73 Å². The summed E-state index contributed by atoms with van der Waals surface area (Å²) in [6.45, 7) is 0. The first-order valence-corrected chi connectivity index (χ1v) is 4.51. The number of nitrogen functional groups attached to an aromatic ring is 1. The molecule has 0 aliphatic rings. The van der Waals surface area contributed by atoms with Gasteiger partial charge >= 0.3 is 5.97 Å². The molecule has 0 radical (unpaired) electrons. The summed E-state index contributed by atoms with van der Waals surface area (Å²) in [4.78, 5) is 11.0. The number of carboxylic acid groups (broad SMARTS) is 1. The molecule has 3 N–H and O–H groups in total. The van der Waals surface area contributed by atoms with E-state index in [1.807, 2.05) is 12.1 Å². The average Bonchev–Trinajstić information content (AvgIpc) is 2.49. The Balaban J connectivity index is 2.75. The number of nitrogens with two attached hydrogens (primary N) is 1. The van der Waals surface area contributed by atoms with Gasteiger partial charge in [-0.05, 0) is 18.2 Å². The second-order valence-corrected chi connectivity index (χ2v) is 3.76. The molecule has 0 aliphatic carbocycles. The molecular formula is C9H7NO2S. The largest absolute Gasteiger partial charge is 0.477 e. The third-order valence-corrected chi connectivity index (χ3v) is 2.89. The number of hydrogen-bond acceptors (Lipinski definition) is 3. The van der Waals surface area contributed by atoms with Crippen molar-refractivity contribution in [3.63, 3.8) is 0 Å². The Morgan fingerprint density at radius 3 is 2.85 bits per heavy atom. The number of aromatic carboxylic acids is 1. The lowest BCUT2D eigenvalue weighted by Gasteiger charge is -1.92. The van der Waals surface area contributed by atoms with Gasteiger partial charge in [0.2, 0.25) is 0 Å². The SMILES string of the molecule is Nc1cccc2sc(C(=O)O)cc12. The second-order valence-electron chi connectivity index (χ2n) is 2.67. The summed E-state index contributed by atoms with van der Waals surface area (Å²) < 4.78 is 0.914. The number of hydrogen-bond donors (Lipinski definition) is 2. The Labute approximate surface area is 78.4 Å². The van der Waals surface area contributed by atoms with Crippen LogP contribution in [0.3, 0.4) is 0 Å². The van der Waals surface area contributed by atoms with Gasteiger partial charge < -0.3 is 10.8 Å². The van der Waals surface area contributed by atoms with Crippen LogP contribution in [-0.4, -0.2) is 11.1 Å². The highest BCUT2D eigenvalue weighted by molar-refractivity contribution is 7.20. The maximum Gasteiger partial charge on any atom is 0.345 e. The summed E-state index contributed by atoms with van der Waals surface area (Å²) >= 11 is 1.24. The average molecular weight is 193 g/mol. The lowest BCUT2D eigenvalue weighted by Crippen LogP contribution is -1.89. The summed E-state index contributed by atoms with van der Waals surface area (Å²) in [5.41, 5.74) is 6.31. The molecular weight excluding hydrogens is 186 g/mol. The van der Waals surface area contributed by atoms with E-state index in [9.17, 15) is 4.79 Å². The first-order valence-electron chi connectivity index (χ1n) is 3.70. The van der Waals surface area contributed by atoms with Crippen LogP contribution in [0.5, 0.6) is 0 Å². The van der Waals surface area contributed by atoms with Gasteiger partial charge in [-0.3, -0.25) is 0 Å². The van der Waals surface area contributed by atoms with Gasteiger partial charge in [-0.25, -0.2) is 4.79 Å². The molecule has 0 unspecified atom stereocenters. The Bertz CT molecular complexity index is 475. The Morgan fingerprint density at radius 1 is 1.46 bits per heavy atom. The van der Waals surface area contributed by atoms with Crippen LogP contribution >= 0.6 is 11.3 Å². The van der Waals surface area contributed by atoms with Gasteiger partial charge in [-0.15, -0.1) is 11.3 Å². The molecule has 0 atom stereocenters. The molecule has 0 aliphatic heterocycles. The first kappa shape index (κ1) is 8.07. The van der Waals surface area contributed by atoms with Crippen LogP contribution in [0.25, 0.3) is 10.1 Å². The van der Waals surface area contributed by atoms with Crippen molar-refractivity contribution in [1.29, 1.82) is 0 Å². The lowest BCUT2D eigenvalue weighted by molar-refractivity contribution is 0.0702. The van der Waals surface area contributed by atoms with Gasteiger partial charge in [-0.1, -0.05) is 6.07 Å². The summed E-state index contributed by atoms with van der Waals surface area (Å²) in [7, 11) is 0. The lowest BCUT2D eigenvalue weighted by atomic mass is 10.2. The molecule has 3 nitrogen and oxygen atoms in total. The van der Waals surface area contributed by atoms with E-state index in [2.05, 4.69) is 0 Å². The molecule has 1 aromatic heterocycles. The Kier molecular flexibility index (Phi) is 1.70. The van der Waals surface area contributed by atoms with Gasteiger partial charge in [0.15, 0.2) is 0 Å². The second kappa shape index (κ2) is 2.74. The van der Waals surface area contributed by atoms with Crippen molar-refractivity contribution < 1.29 is 9.90 Å². The van der Waals surface area contributed by atoms with E-state index in [0.717, 1.165) is 10.1 Å². The van der Waals surface area contributed by atoms with Crippen LogP contribution in [0.4, 0.5) is 5.69 Å². The fourth-order valence-corrected chi connectivity index (χ4v) is 2.12. The normalized spacial score (nSPS) is 10.5. The monoisotopic (exact) mass is 193 g/mol. The minimum atomic E-state index is -0.902. The topological polar surface area (TPSA) is 63.3 Å². The van der Waals surface area contributed by atoms with Gasteiger partial charge in [-0.2, -0.15) is 0 Å². The Morgan fingerprint density at radius 2 is 2.23 bits per heavy atom. The van der Waals surface area contributed by atoms with Crippen LogP contribution in [-0.2, 0) is 0 Å². The van der Waals surface area contributed by atoms with Crippen LogP contribution in [0.15, 0.2) is 24.3 Å². The number of anilines is 1. The molecule has 66 valence electrons. The zero-order chi connectivity index (χ0) is 9.42. The van der Waals surface area contributed by atoms with Crippen LogP contribution in [0.1, 0.15) is 9.67 Å². The molecule has 0 amide bonds. The number of thiophene rings is 1. The smallest absolute Gasteiger partial charge is 0.345 e. The van der Waals surface area contributed by atoms with Gasteiger partial charge in [0, 0.05) is 15.8 Å². The molecule has 2 rings (SSSR count). The van der Waals surface area contributed by atoms with Crippen molar-refractivity contribution >= 4 is 33.1 Å². The van der Waals surface area contributed by atoms with E-state index in [0.29, 0.717) is 10.6 Å². The van der Waals surface area contributed by atoms with Gasteiger partial charge in [0.05, 0.1) is 0 Å². The molecule has 2 aromatic rings. The molecule has 0 bridgehead atoms. The van der Waals surface area contributed by atoms with E-state index >= 15 is 0 Å². The van der Waals surface area contributed by atoms with Crippen molar-refractivity contribution in [3.8, 4) is 0 Å². The van der Waals surface area contributed by atoms with Gasteiger partial charge in [0.1, 0.15) is 4.88 Å². The fourth-order valence-electron chi connectivity index (χ4n) is 1.19. The summed E-state index contributed by atoms with van der Waals surface area (Å²) in [5, 5.41) is 9.57. The molecule has 13 heavy (non-hydrogen) atoms. The summed E-state index contributed by atoms with van der Waals surface area (Å²) in [5.74, 6) is -0.902. The van der Waals surface area contributed by atoms with Crippen molar-refractivity contribution in [2.45, 2.75) is 0 Å². The molecule has 1 heterocycles. The highest BCUT2D eigenvalue weighted by Crippen LogP contribution is 2.29. The third-order valence-electron chi connectivity index (χ3n) is 1.81. The van der Waals surface area contributed by atoms with E-state index < -0.39 is 5.97 Å². The maximum absolute atomic E-state index is 10.7. The zero-order valence-electron chi connectivity index (χ0n) is 6.65. The predicted octanol–water partition coefficient (Wildman–Crippen LogP) is 2.18. The van der Waals surface area contributed by atoms with Crippen LogP contribution in [0.2, 0.25) is 0 Å². The number of carbonyl (C=O) groups is 1. The number of benzene rings is 1. The van der Waals surface area contributed by atoms with Crippen LogP contribution in [0, 0.1) is 0 Å². The minimum absolute atomic E-state index is 0.327. The van der Waals surface area contributed by atoms with E-state index in [-0.39, 0.29) is 0 Å². The number of fused-ring (bicyclic) bond motifs is 1. The quantitative estimate of drug-likeness (QED) is 0.682. The minimum Gasteiger partial charge on any atom is -0.477 e. The molecule has 0 fully saturated rings. The summed E-state index contributed by atoms with van der Waals surface area (Å²) in [6, 6.07) is 7.06. The highest BCUT2D eigenvalue weighted by Gasteiger charge is 2.08. The summed E-state index contributed by atoms with van der Waals surface area (Å²) in [6.07, 6.45) is 0. The first-order chi connectivity index (χ1) is 6.18. The third kappa shape index (κ3) is 1.25. The molecule has 0 spiro atoms. The Hall–Kier alpha value is -1.55. The predicted molar refractivity (Wildman–Crippen MR) is 53.2 cm³/mol. The van der Waals surface area contributed by atoms with Crippen molar-refractivity contribution in [2.75, 3.05) is 5.73 Å². The molecule has 0 saturated heterocycles. The molecule has 0 saturated carbocycles. The molecule has 1 aromatic carbocycles. The van der Waals surface area contributed by atoms with E-state index in [1.54, 1.807) is 12.1 Å². The fraction of sp³-hybridized carbons (Fsp3) is 0. The highest BCUT2D eigenvalue weighted by atomic mass is 32.1. The number of carboxylic acids is 1. The van der Waals surface area contributed by atoms with E-state index in [4.69, 9.17) is 10.8 Å². The van der Waals surface area contributed by atoms with E-state index in [1.165, 1.54) is 11.3 Å². The van der Waals surface area contributed by atoms with Crippen molar-refractivity contribution in [2.24, 2.45) is 0 Å².